The summed E-state index contributed by atoms with van der Waals surface area (Å²) in [7, 11) is 0. The quantitative estimate of drug-likeness (QED) is 0.406. The molecular formula is C26H25ClF3N5O2S. The van der Waals surface area contributed by atoms with Crippen molar-refractivity contribution in [3.05, 3.63) is 75.8 Å². The number of ether oxygens (including phenoxy) is 1. The van der Waals surface area contributed by atoms with Crippen molar-refractivity contribution < 1.29 is 22.7 Å². The lowest BCUT2D eigenvalue weighted by molar-refractivity contribution is 0.0784. The van der Waals surface area contributed by atoms with Gasteiger partial charge >= 0.3 is 0 Å². The molecule has 5 rings (SSSR count). The average molecular weight is 564 g/mol. The molecule has 1 amide bonds. The van der Waals surface area contributed by atoms with Gasteiger partial charge in [-0.05, 0) is 43.2 Å². The van der Waals surface area contributed by atoms with E-state index in [9.17, 15) is 18.0 Å². The number of benzene rings is 1. The van der Waals surface area contributed by atoms with Gasteiger partial charge in [0.25, 0.3) is 12.3 Å². The fraction of sp³-hybridized carbons (Fsp3) is 0.346. The van der Waals surface area contributed by atoms with E-state index < -0.39 is 24.2 Å². The van der Waals surface area contributed by atoms with Crippen molar-refractivity contribution in [3.63, 3.8) is 0 Å². The monoisotopic (exact) mass is 563 g/mol. The SMILES string of the molecule is O=C(NCC(C1=C(C(F)F)NCS1)N1CCC(Oc2nccc3ncccc23)CC1)c1c(F)cccc1Cl. The largest absolute Gasteiger partial charge is 0.474 e. The number of pyridine rings is 2. The highest BCUT2D eigenvalue weighted by molar-refractivity contribution is 8.03. The number of alkyl halides is 2. The number of carbonyl (C=O) groups is 1. The molecule has 1 saturated heterocycles. The zero-order valence-electron chi connectivity index (χ0n) is 20.2. The van der Waals surface area contributed by atoms with Gasteiger partial charge < -0.3 is 15.4 Å². The molecule has 0 saturated carbocycles. The third kappa shape index (κ3) is 5.69. The molecule has 0 aliphatic carbocycles. The number of hydrogen-bond donors (Lipinski definition) is 2. The van der Waals surface area contributed by atoms with Crippen LogP contribution in [0.25, 0.3) is 10.9 Å². The van der Waals surface area contributed by atoms with Crippen LogP contribution in [0.3, 0.4) is 0 Å². The van der Waals surface area contributed by atoms with Crippen molar-refractivity contribution >= 4 is 40.2 Å². The van der Waals surface area contributed by atoms with Crippen molar-refractivity contribution in [2.45, 2.75) is 31.4 Å². The second-order valence-corrected chi connectivity index (χ2v) is 10.3. The highest BCUT2D eigenvalue weighted by Gasteiger charge is 2.35. The number of allylic oxidation sites excluding steroid dienone is 1. The van der Waals surface area contributed by atoms with Crippen molar-refractivity contribution in [1.82, 2.24) is 25.5 Å². The van der Waals surface area contributed by atoms with Crippen LogP contribution >= 0.6 is 23.4 Å². The number of hydrogen-bond acceptors (Lipinski definition) is 7. The molecule has 2 N–H and O–H groups in total. The first-order valence-electron chi connectivity index (χ1n) is 12.1. The average Bonchev–Trinajstić information content (AvgIpc) is 3.40. The lowest BCUT2D eigenvalue weighted by Crippen LogP contribution is -2.49. The molecule has 3 aromatic rings. The van der Waals surface area contributed by atoms with Gasteiger partial charge in [0.05, 0.1) is 39.1 Å². The van der Waals surface area contributed by atoms with E-state index in [-0.39, 0.29) is 28.9 Å². The summed E-state index contributed by atoms with van der Waals surface area (Å²) in [5, 5.41) is 6.28. The maximum atomic E-state index is 14.3. The van der Waals surface area contributed by atoms with E-state index in [1.165, 1.54) is 23.9 Å². The molecule has 38 heavy (non-hydrogen) atoms. The number of thioether (sulfide) groups is 1. The Bertz CT molecular complexity index is 1330. The first kappa shape index (κ1) is 26.6. The first-order chi connectivity index (χ1) is 18.4. The number of amides is 1. The highest BCUT2D eigenvalue weighted by atomic mass is 35.5. The number of likely N-dealkylation sites (tertiary alicyclic amines) is 1. The molecule has 7 nitrogen and oxygen atoms in total. The summed E-state index contributed by atoms with van der Waals surface area (Å²) >= 11 is 7.33. The number of carbonyl (C=O) groups excluding carboxylic acids is 1. The number of nitrogens with one attached hydrogen (secondary N) is 2. The van der Waals surface area contributed by atoms with E-state index >= 15 is 0 Å². The molecule has 1 unspecified atom stereocenters. The molecule has 1 atom stereocenters. The summed E-state index contributed by atoms with van der Waals surface area (Å²) in [6.07, 6.45) is 1.85. The van der Waals surface area contributed by atoms with Gasteiger partial charge in [-0.15, -0.1) is 11.8 Å². The Morgan fingerprint density at radius 1 is 1.18 bits per heavy atom. The van der Waals surface area contributed by atoms with Gasteiger partial charge in [0, 0.05) is 36.9 Å². The number of rotatable bonds is 8. The van der Waals surface area contributed by atoms with Gasteiger partial charge in [0.15, 0.2) is 0 Å². The van der Waals surface area contributed by atoms with Gasteiger partial charge in [-0.2, -0.15) is 0 Å². The third-order valence-corrected chi connectivity index (χ3v) is 8.02. The van der Waals surface area contributed by atoms with Gasteiger partial charge in [0.2, 0.25) is 5.88 Å². The standard InChI is InChI=1S/C26H25ClF3N5O2S/c27-17-4-1-5-18(28)21(17)25(36)33-13-20(23-22(24(29)30)34-14-38-23)35-11-7-15(8-12-35)37-26-16-3-2-9-31-19(16)6-10-32-26/h1-6,9-10,15,20,24,34H,7-8,11-14H2,(H,33,36). The van der Waals surface area contributed by atoms with Crippen molar-refractivity contribution in [1.29, 1.82) is 0 Å². The zero-order chi connectivity index (χ0) is 26.6. The molecule has 200 valence electrons. The minimum atomic E-state index is -2.67. The van der Waals surface area contributed by atoms with Crippen molar-refractivity contribution in [2.24, 2.45) is 0 Å². The molecule has 0 radical (unpaired) electrons. The minimum Gasteiger partial charge on any atom is -0.474 e. The normalized spacial score (nSPS) is 17.6. The zero-order valence-corrected chi connectivity index (χ0v) is 21.7. The lowest BCUT2D eigenvalue weighted by atomic mass is 10.0. The number of halogens is 4. The van der Waals surface area contributed by atoms with E-state index in [1.54, 1.807) is 12.4 Å². The topological polar surface area (TPSA) is 79.4 Å². The summed E-state index contributed by atoms with van der Waals surface area (Å²) in [4.78, 5) is 24.0. The fourth-order valence-corrected chi connectivity index (χ4v) is 6.10. The van der Waals surface area contributed by atoms with Crippen molar-refractivity contribution in [3.8, 4) is 5.88 Å². The second kappa shape index (κ2) is 11.8. The predicted octanol–water partition coefficient (Wildman–Crippen LogP) is 4.83. The van der Waals surface area contributed by atoms with Crippen molar-refractivity contribution in [2.75, 3.05) is 25.5 Å². The molecule has 2 aliphatic rings. The summed E-state index contributed by atoms with van der Waals surface area (Å²) in [5.74, 6) is -0.606. The Kier molecular flexibility index (Phi) is 8.25. The number of fused-ring (bicyclic) bond motifs is 1. The van der Waals surface area contributed by atoms with Gasteiger partial charge in [-0.25, -0.2) is 18.2 Å². The maximum Gasteiger partial charge on any atom is 0.278 e. The number of nitrogens with zero attached hydrogens (tertiary/aromatic N) is 3. The van der Waals surface area contributed by atoms with Crippen LogP contribution < -0.4 is 15.4 Å². The van der Waals surface area contributed by atoms with E-state index in [1.807, 2.05) is 18.2 Å². The van der Waals surface area contributed by atoms with E-state index in [2.05, 4.69) is 25.5 Å². The van der Waals surface area contributed by atoms with Crippen LogP contribution in [0, 0.1) is 5.82 Å². The van der Waals surface area contributed by atoms with Crippen LogP contribution in [-0.2, 0) is 0 Å². The van der Waals surface area contributed by atoms with Crippen LogP contribution in [0.2, 0.25) is 5.02 Å². The van der Waals surface area contributed by atoms with Crippen LogP contribution in [0.1, 0.15) is 23.2 Å². The summed E-state index contributed by atoms with van der Waals surface area (Å²) in [6.45, 7) is 1.12. The molecular weight excluding hydrogens is 539 g/mol. The van der Waals surface area contributed by atoms with Crippen LogP contribution in [0.15, 0.2) is 59.4 Å². The van der Waals surface area contributed by atoms with Gasteiger partial charge in [-0.1, -0.05) is 17.7 Å². The Balaban J connectivity index is 1.30. The molecule has 4 heterocycles. The molecule has 2 aliphatic heterocycles. The molecule has 2 aromatic heterocycles. The summed E-state index contributed by atoms with van der Waals surface area (Å²) < 4.78 is 48.0. The molecule has 1 aromatic carbocycles. The Morgan fingerprint density at radius 2 is 2.00 bits per heavy atom. The second-order valence-electron chi connectivity index (χ2n) is 8.91. The number of piperidine rings is 1. The van der Waals surface area contributed by atoms with Crippen LogP contribution in [-0.4, -0.2) is 64.9 Å². The minimum absolute atomic E-state index is 0.0151. The smallest absolute Gasteiger partial charge is 0.278 e. The van der Waals surface area contributed by atoms with Crippen LogP contribution in [0.4, 0.5) is 13.2 Å². The summed E-state index contributed by atoms with van der Waals surface area (Å²) in [6, 6.07) is 9.02. The Morgan fingerprint density at radius 3 is 2.76 bits per heavy atom. The first-order valence-corrected chi connectivity index (χ1v) is 13.5. The maximum absolute atomic E-state index is 14.3. The van der Waals surface area contributed by atoms with E-state index in [0.29, 0.717) is 42.6 Å². The fourth-order valence-electron chi connectivity index (χ4n) is 4.73. The lowest BCUT2D eigenvalue weighted by Gasteiger charge is -2.38. The van der Waals surface area contributed by atoms with Crippen LogP contribution in [0.5, 0.6) is 5.88 Å². The third-order valence-electron chi connectivity index (χ3n) is 6.61. The predicted molar refractivity (Wildman–Crippen MR) is 141 cm³/mol. The van der Waals surface area contributed by atoms with E-state index in [0.717, 1.165) is 17.0 Å². The molecule has 0 spiro atoms. The molecule has 0 bridgehead atoms. The Labute approximate surface area is 226 Å². The molecule has 1 fully saturated rings. The number of aromatic nitrogens is 2. The highest BCUT2D eigenvalue weighted by Crippen LogP contribution is 2.35. The Hall–Kier alpha value is -3.02. The van der Waals surface area contributed by atoms with E-state index in [4.69, 9.17) is 16.3 Å². The summed E-state index contributed by atoms with van der Waals surface area (Å²) in [5.41, 5.74) is 0.388. The van der Waals surface area contributed by atoms with Gasteiger partial charge in [-0.3, -0.25) is 14.7 Å². The van der Waals surface area contributed by atoms with Gasteiger partial charge in [0.1, 0.15) is 11.9 Å². The molecule has 12 heteroatoms.